The maximum absolute atomic E-state index is 12.7. The Morgan fingerprint density at radius 2 is 1.97 bits per heavy atom. The molecule has 4 heterocycles. The number of hydrogen-bond donors (Lipinski definition) is 2. The van der Waals surface area contributed by atoms with Crippen LogP contribution in [0.1, 0.15) is 12.5 Å². The van der Waals surface area contributed by atoms with Crippen molar-refractivity contribution >= 4 is 50.9 Å². The lowest BCUT2D eigenvalue weighted by Crippen LogP contribution is -2.50. The van der Waals surface area contributed by atoms with Crippen LogP contribution in [0.4, 0.5) is 22.2 Å². The summed E-state index contributed by atoms with van der Waals surface area (Å²) in [4.78, 5) is 31.0. The van der Waals surface area contributed by atoms with E-state index in [0.717, 1.165) is 33.0 Å². The normalized spacial score (nSPS) is 18.2. The molecule has 2 aliphatic heterocycles. The largest absolute Gasteiger partial charge is 0.497 e. The van der Waals surface area contributed by atoms with Crippen molar-refractivity contribution in [3.8, 4) is 5.75 Å². The first-order valence-corrected chi connectivity index (χ1v) is 11.6. The molecule has 3 N–H and O–H groups in total. The van der Waals surface area contributed by atoms with Crippen molar-refractivity contribution in [1.82, 2.24) is 14.9 Å². The Balaban J connectivity index is 1.32. The molecular formula is C22H25N7O3S. The van der Waals surface area contributed by atoms with Gasteiger partial charge >= 0.3 is 6.03 Å². The first kappa shape index (κ1) is 21.3. The van der Waals surface area contributed by atoms with Crippen molar-refractivity contribution in [1.29, 1.82) is 0 Å². The molecule has 2 aliphatic rings. The van der Waals surface area contributed by atoms with E-state index in [-0.39, 0.29) is 18.1 Å². The average molecular weight is 468 g/mol. The zero-order valence-corrected chi connectivity index (χ0v) is 19.3. The number of piperazine rings is 1. The van der Waals surface area contributed by atoms with Crippen molar-refractivity contribution in [3.05, 3.63) is 35.2 Å². The van der Waals surface area contributed by atoms with Crippen LogP contribution < -0.4 is 20.7 Å². The topological polar surface area (TPSA) is 118 Å². The number of carbonyl (C=O) groups excluding carboxylic acids is 1. The molecular weight excluding hydrogens is 442 g/mol. The van der Waals surface area contributed by atoms with E-state index in [1.165, 1.54) is 11.3 Å². The molecule has 1 fully saturated rings. The molecule has 2 amide bonds. The van der Waals surface area contributed by atoms with Crippen LogP contribution in [0.25, 0.3) is 10.2 Å². The lowest BCUT2D eigenvalue weighted by atomic mass is 10.2. The fourth-order valence-electron chi connectivity index (χ4n) is 3.95. The Bertz CT molecular complexity index is 1200. The SMILES string of the molecule is COc1ccc(NC(=O)N2CCN(c3nc(N)nc4scc(C5=NCC(C)O5)c34)CC2)cc1. The first-order chi connectivity index (χ1) is 16.0. The van der Waals surface area contributed by atoms with Gasteiger partial charge in [-0.1, -0.05) is 0 Å². The molecule has 172 valence electrons. The zero-order valence-electron chi connectivity index (χ0n) is 18.4. The van der Waals surface area contributed by atoms with Gasteiger partial charge in [0.05, 0.1) is 24.6 Å². The highest BCUT2D eigenvalue weighted by molar-refractivity contribution is 7.17. The van der Waals surface area contributed by atoms with Crippen molar-refractivity contribution in [2.24, 2.45) is 4.99 Å². The van der Waals surface area contributed by atoms with Gasteiger partial charge < -0.3 is 30.3 Å². The smallest absolute Gasteiger partial charge is 0.321 e. The van der Waals surface area contributed by atoms with Crippen molar-refractivity contribution < 1.29 is 14.3 Å². The summed E-state index contributed by atoms with van der Waals surface area (Å²) in [5.74, 6) is 2.36. The van der Waals surface area contributed by atoms with Crippen LogP contribution in [-0.4, -0.2) is 72.7 Å². The molecule has 2 aromatic heterocycles. The first-order valence-electron chi connectivity index (χ1n) is 10.7. The number of benzene rings is 1. The van der Waals surface area contributed by atoms with E-state index in [1.807, 2.05) is 36.6 Å². The van der Waals surface area contributed by atoms with Gasteiger partial charge in [-0.15, -0.1) is 11.3 Å². The minimum absolute atomic E-state index is 0.0564. The minimum Gasteiger partial charge on any atom is -0.497 e. The standard InChI is InChI=1S/C22H25N7O3S/c1-13-11-24-19(32-13)16-12-33-20-17(16)18(26-21(23)27-20)28-7-9-29(10-8-28)22(30)25-14-3-5-15(31-2)6-4-14/h3-6,12-13H,7-11H2,1-2H3,(H,25,30)(H2,23,26,27). The van der Waals surface area contributed by atoms with Gasteiger partial charge in [0.1, 0.15) is 22.5 Å². The highest BCUT2D eigenvalue weighted by Gasteiger charge is 2.28. The van der Waals surface area contributed by atoms with Crippen LogP contribution in [0, 0.1) is 0 Å². The number of ether oxygens (including phenoxy) is 2. The van der Waals surface area contributed by atoms with Gasteiger partial charge in [0.15, 0.2) is 0 Å². The molecule has 0 radical (unpaired) electrons. The van der Waals surface area contributed by atoms with Gasteiger partial charge in [-0.25, -0.2) is 14.8 Å². The third kappa shape index (κ3) is 4.23. The molecule has 1 saturated heterocycles. The average Bonchev–Trinajstić information content (AvgIpc) is 3.45. The van der Waals surface area contributed by atoms with Crippen molar-refractivity contribution in [2.75, 3.05) is 55.8 Å². The number of thiophene rings is 1. The molecule has 3 aromatic rings. The number of aliphatic imine (C=N–C) groups is 1. The summed E-state index contributed by atoms with van der Waals surface area (Å²) in [7, 11) is 1.61. The van der Waals surface area contributed by atoms with Crippen LogP contribution >= 0.6 is 11.3 Å². The van der Waals surface area contributed by atoms with Crippen molar-refractivity contribution in [3.63, 3.8) is 0 Å². The maximum atomic E-state index is 12.7. The van der Waals surface area contributed by atoms with Crippen molar-refractivity contribution in [2.45, 2.75) is 13.0 Å². The van der Waals surface area contributed by atoms with E-state index in [2.05, 4.69) is 25.2 Å². The quantitative estimate of drug-likeness (QED) is 0.606. The fourth-order valence-corrected chi connectivity index (χ4v) is 4.86. The molecule has 1 unspecified atom stereocenters. The van der Waals surface area contributed by atoms with Crippen LogP contribution in [0.3, 0.4) is 0 Å². The second kappa shape index (κ2) is 8.74. The summed E-state index contributed by atoms with van der Waals surface area (Å²) in [6, 6.07) is 7.14. The van der Waals surface area contributed by atoms with E-state index in [1.54, 1.807) is 12.0 Å². The number of aromatic nitrogens is 2. The number of nitrogens with two attached hydrogens (primary N) is 1. The molecule has 11 heteroatoms. The number of amides is 2. The van der Waals surface area contributed by atoms with Crippen LogP contribution in [0.15, 0.2) is 34.6 Å². The second-order valence-corrected chi connectivity index (χ2v) is 8.80. The number of rotatable bonds is 4. The lowest BCUT2D eigenvalue weighted by molar-refractivity contribution is 0.208. The van der Waals surface area contributed by atoms with Gasteiger partial charge in [-0.05, 0) is 31.2 Å². The Hall–Kier alpha value is -3.60. The summed E-state index contributed by atoms with van der Waals surface area (Å²) in [5, 5.41) is 5.84. The summed E-state index contributed by atoms with van der Waals surface area (Å²) < 4.78 is 11.0. The number of hydrogen-bond acceptors (Lipinski definition) is 9. The van der Waals surface area contributed by atoms with E-state index >= 15 is 0 Å². The van der Waals surface area contributed by atoms with Crippen LogP contribution in [0.2, 0.25) is 0 Å². The Morgan fingerprint density at radius 3 is 2.64 bits per heavy atom. The molecule has 33 heavy (non-hydrogen) atoms. The molecule has 5 rings (SSSR count). The van der Waals surface area contributed by atoms with Crippen LogP contribution in [-0.2, 0) is 4.74 Å². The van der Waals surface area contributed by atoms with Gasteiger partial charge in [-0.2, -0.15) is 4.98 Å². The Morgan fingerprint density at radius 1 is 1.21 bits per heavy atom. The highest BCUT2D eigenvalue weighted by atomic mass is 32.1. The lowest BCUT2D eigenvalue weighted by Gasteiger charge is -2.35. The number of fused-ring (bicyclic) bond motifs is 1. The van der Waals surface area contributed by atoms with E-state index in [4.69, 9.17) is 15.2 Å². The second-order valence-electron chi connectivity index (χ2n) is 7.94. The molecule has 1 atom stereocenters. The fraction of sp³-hybridized carbons (Fsp3) is 0.364. The summed E-state index contributed by atoms with van der Waals surface area (Å²) >= 11 is 1.50. The zero-order chi connectivity index (χ0) is 22.9. The van der Waals surface area contributed by atoms with Gasteiger partial charge in [0, 0.05) is 37.2 Å². The Kier molecular flexibility index (Phi) is 5.63. The third-order valence-corrected chi connectivity index (χ3v) is 6.55. The van der Waals surface area contributed by atoms with E-state index in [9.17, 15) is 4.79 Å². The summed E-state index contributed by atoms with van der Waals surface area (Å²) in [5.41, 5.74) is 7.63. The Labute approximate surface area is 195 Å². The molecule has 10 nitrogen and oxygen atoms in total. The van der Waals surface area contributed by atoms with E-state index < -0.39 is 0 Å². The van der Waals surface area contributed by atoms with Crippen LogP contribution in [0.5, 0.6) is 5.75 Å². The minimum atomic E-state index is -0.133. The monoisotopic (exact) mass is 467 g/mol. The predicted octanol–water partition coefficient (Wildman–Crippen LogP) is 2.80. The number of nitrogens with one attached hydrogen (secondary N) is 1. The number of nitrogen functional groups attached to an aromatic ring is 1. The number of carbonyl (C=O) groups is 1. The summed E-state index contributed by atoms with van der Waals surface area (Å²) in [6.07, 6.45) is 0.0564. The predicted molar refractivity (Wildman–Crippen MR) is 130 cm³/mol. The molecule has 0 saturated carbocycles. The maximum Gasteiger partial charge on any atom is 0.321 e. The number of nitrogens with zero attached hydrogens (tertiary/aromatic N) is 5. The number of urea groups is 1. The van der Waals surface area contributed by atoms with E-state index in [0.29, 0.717) is 38.6 Å². The molecule has 1 aromatic carbocycles. The molecule has 0 aliphatic carbocycles. The number of anilines is 3. The van der Waals surface area contributed by atoms with Gasteiger partial charge in [-0.3, -0.25) is 0 Å². The van der Waals surface area contributed by atoms with Gasteiger partial charge in [0.25, 0.3) is 0 Å². The highest BCUT2D eigenvalue weighted by Crippen LogP contribution is 2.34. The molecule has 0 bridgehead atoms. The van der Waals surface area contributed by atoms with Gasteiger partial charge in [0.2, 0.25) is 11.8 Å². The summed E-state index contributed by atoms with van der Waals surface area (Å²) in [6.45, 7) is 5.00. The number of methoxy groups -OCH3 is 1. The molecule has 0 spiro atoms. The third-order valence-electron chi connectivity index (χ3n) is 5.67.